The van der Waals surface area contributed by atoms with E-state index in [1.165, 1.54) is 26.0 Å². The number of anilines is 2. The first-order valence-electron chi connectivity index (χ1n) is 39.0. The number of carboxylic acids is 2. The standard InChI is InChI=1S/C40H53N9O12.C20H35N7O10.C20H18N2O2/c1-24-29(45-39(41)42)21-32(38(54)55)60-36(24)37(31(52)23-50)61-40(56)44-13-15-57-17-19-59-20-18-58-16-14-49-35-27-8-4-3-7-26(27)22-48(33(53)11-12-43-25(2)51)30-10-6-5-9-28(30)34(35)46-47-49;1-12-13(26-19(21)22)10-15(18(30)31)36-16(12)17(14(29)11-28)37-20(32)24-2-4-33-6-8-35-9-7-34-5-3-25-27-23;1-15(23)21-13-12-20(24)22-14-18-8-3-2-6-16(18)10-11-17-7-4-5-9-19(17)22/h3-10,21,24,29,31,36-37,50,52H,11-20,22-23H2,1-2H3,(H,43,51)(H,44,56)(H,54,55)(H4,41,42,45);10,12-14,16-17,28-29H,2-9,11H2,1H3,(H,24,32)(H,30,31)(H4,21,22,26);2-9H,12-14H2,1H3,(H,21,23)/t24-,29+,31-,36-,37-;12-,13+,14-,16-,17-;/m11./s1. The lowest BCUT2D eigenvalue weighted by atomic mass is 9.87. The van der Waals surface area contributed by atoms with Gasteiger partial charge in [-0.25, -0.2) is 33.8 Å². The largest absolute Gasteiger partial charge is 0.479 e. The van der Waals surface area contributed by atoms with Crippen LogP contribution in [-0.2, 0) is 95.8 Å². The fourth-order valence-electron chi connectivity index (χ4n) is 12.7. The molecule has 4 aliphatic rings. The van der Waals surface area contributed by atoms with Crippen molar-refractivity contribution in [2.24, 2.45) is 49.9 Å². The Morgan fingerprint density at radius 1 is 0.549 bits per heavy atom. The average Bonchev–Trinajstić information content (AvgIpc) is 1.53. The van der Waals surface area contributed by atoms with Gasteiger partial charge in [-0.05, 0) is 53.1 Å². The van der Waals surface area contributed by atoms with Crippen LogP contribution in [0.1, 0.15) is 62.8 Å². The number of amides is 6. The highest BCUT2D eigenvalue weighted by Gasteiger charge is 2.46. The van der Waals surface area contributed by atoms with E-state index in [2.05, 4.69) is 63.4 Å². The molecule has 122 heavy (non-hydrogen) atoms. The number of aliphatic hydroxyl groups is 4. The third-order valence-electron chi connectivity index (χ3n) is 18.6. The summed E-state index contributed by atoms with van der Waals surface area (Å²) in [6.45, 7) is 9.76. The number of fused-ring (bicyclic) bond motifs is 7. The summed E-state index contributed by atoms with van der Waals surface area (Å²) in [5.74, 6) is 0.153. The number of aromatic nitrogens is 3. The molecule has 42 nitrogen and oxygen atoms in total. The molecule has 5 heterocycles. The van der Waals surface area contributed by atoms with Crippen molar-refractivity contribution in [1.29, 1.82) is 0 Å². The molecule has 4 aliphatic heterocycles. The second-order valence-corrected chi connectivity index (χ2v) is 27.4. The predicted octanol–water partition coefficient (Wildman–Crippen LogP) is 1.03. The molecular formula is C80H106N18O24. The smallest absolute Gasteiger partial charge is 0.407 e. The van der Waals surface area contributed by atoms with Crippen LogP contribution in [0.2, 0.25) is 0 Å². The summed E-state index contributed by atoms with van der Waals surface area (Å²) < 4.78 is 56.2. The van der Waals surface area contributed by atoms with Crippen molar-refractivity contribution >= 4 is 71.0 Å². The average molecular weight is 1700 g/mol. The van der Waals surface area contributed by atoms with Crippen molar-refractivity contribution in [3.8, 4) is 34.4 Å². The highest BCUT2D eigenvalue weighted by atomic mass is 16.6. The molecule has 42 heteroatoms. The van der Waals surface area contributed by atoms with Crippen molar-refractivity contribution in [2.75, 3.05) is 135 Å². The zero-order valence-electron chi connectivity index (χ0n) is 67.9. The second kappa shape index (κ2) is 51.2. The van der Waals surface area contributed by atoms with Crippen LogP contribution in [0.5, 0.6) is 0 Å². The third kappa shape index (κ3) is 30.6. The van der Waals surface area contributed by atoms with Gasteiger partial charge in [-0.15, -0.1) is 5.10 Å². The third-order valence-corrected chi connectivity index (χ3v) is 18.6. The second-order valence-electron chi connectivity index (χ2n) is 27.4. The molecule has 0 saturated heterocycles. The molecule has 0 saturated carbocycles. The highest BCUT2D eigenvalue weighted by Crippen LogP contribution is 2.42. The number of alkyl carbamates (subject to hydrolysis) is 2. The molecule has 1 aromatic heterocycles. The van der Waals surface area contributed by atoms with Gasteiger partial charge >= 0.3 is 24.1 Å². The van der Waals surface area contributed by atoms with Gasteiger partial charge in [0, 0.05) is 98.4 Å². The number of azide groups is 1. The van der Waals surface area contributed by atoms with Gasteiger partial charge in [0.1, 0.15) is 30.1 Å². The topological polar surface area (TPSA) is 613 Å². The molecule has 6 amide bonds. The lowest BCUT2D eigenvalue weighted by Gasteiger charge is -2.38. The van der Waals surface area contributed by atoms with Crippen LogP contribution in [-0.4, -0.2) is 279 Å². The van der Waals surface area contributed by atoms with Crippen LogP contribution in [0.4, 0.5) is 21.0 Å². The number of aliphatic carboxylic acids is 2. The Morgan fingerprint density at radius 3 is 1.45 bits per heavy atom. The molecule has 0 fully saturated rings. The number of aliphatic hydroxyl groups excluding tert-OH is 4. The van der Waals surface area contributed by atoms with E-state index in [0.717, 1.165) is 44.8 Å². The minimum Gasteiger partial charge on any atom is -0.479 e. The Bertz CT molecular complexity index is 4540. The summed E-state index contributed by atoms with van der Waals surface area (Å²) in [4.78, 5) is 111. The molecule has 0 aliphatic carbocycles. The maximum atomic E-state index is 13.5. The molecule has 660 valence electrons. The summed E-state index contributed by atoms with van der Waals surface area (Å²) in [7, 11) is 0. The van der Waals surface area contributed by atoms with Gasteiger partial charge in [-0.1, -0.05) is 109 Å². The Balaban J connectivity index is 0.000000283. The van der Waals surface area contributed by atoms with E-state index in [9.17, 15) is 69.0 Å². The van der Waals surface area contributed by atoms with Crippen molar-refractivity contribution in [3.05, 3.63) is 153 Å². The van der Waals surface area contributed by atoms with E-state index in [4.69, 9.17) is 75.8 Å². The fraction of sp³-hybridized carbons (Fsp3) is 0.475. The molecule has 10 atom stereocenters. The number of hydrogen-bond donors (Lipinski definition) is 14. The van der Waals surface area contributed by atoms with Gasteiger partial charge in [0.25, 0.3) is 0 Å². The zero-order chi connectivity index (χ0) is 88.5. The number of hydrogen-bond acceptors (Lipinski definition) is 27. The lowest BCUT2D eigenvalue weighted by molar-refractivity contribution is -0.147. The van der Waals surface area contributed by atoms with E-state index in [1.54, 1.807) is 28.3 Å². The number of nitrogens with one attached hydrogen (secondary N) is 4. The van der Waals surface area contributed by atoms with Gasteiger partial charge in [0.2, 0.25) is 35.1 Å². The van der Waals surface area contributed by atoms with Gasteiger partial charge in [0.05, 0.1) is 141 Å². The predicted molar refractivity (Wildman–Crippen MR) is 439 cm³/mol. The first kappa shape index (κ1) is 96.6. The van der Waals surface area contributed by atoms with Crippen molar-refractivity contribution < 1.29 is 116 Å². The molecule has 0 radical (unpaired) electrons. The fourth-order valence-corrected chi connectivity index (χ4v) is 12.7. The number of aliphatic imine (C=N–C) groups is 2. The minimum absolute atomic E-state index is 0.0280. The Kier molecular flexibility index (Phi) is 40.5. The number of ether oxygens (including phenoxy) is 10. The first-order valence-corrected chi connectivity index (χ1v) is 39.0. The molecular weight excluding hydrogens is 1600 g/mol. The highest BCUT2D eigenvalue weighted by molar-refractivity contribution is 6.00. The summed E-state index contributed by atoms with van der Waals surface area (Å²) in [6, 6.07) is 29.2. The number of carbonyl (C=O) groups excluding carboxylic acids is 6. The number of nitrogens with two attached hydrogens (primary N) is 4. The van der Waals surface area contributed by atoms with Crippen molar-refractivity contribution in [2.45, 2.75) is 109 Å². The van der Waals surface area contributed by atoms with Crippen molar-refractivity contribution in [1.82, 2.24) is 36.3 Å². The van der Waals surface area contributed by atoms with Crippen LogP contribution in [0, 0.1) is 23.7 Å². The lowest BCUT2D eigenvalue weighted by Crippen LogP contribution is -2.52. The molecule has 5 aromatic rings. The first-order chi connectivity index (χ1) is 58.7. The summed E-state index contributed by atoms with van der Waals surface area (Å²) in [5.41, 5.74) is 38.3. The molecule has 0 unspecified atom stereocenters. The summed E-state index contributed by atoms with van der Waals surface area (Å²) in [5, 5.41) is 81.3. The molecule has 18 N–H and O–H groups in total. The van der Waals surface area contributed by atoms with Gasteiger partial charge in [0.15, 0.2) is 24.1 Å². The SMILES string of the molecule is CC(=O)NCCC(=O)N1Cc2ccccc2-c2c(nnn2CCOCCOCCOCCNC(=O)O[C@@H]([C@@H]2OC(C(=O)O)=C[C@H](N=C(N)N)[C@H]2C)[C@H](O)CO)-c2ccccc21.CC(=O)NCCC(=O)N1Cc2ccccc2C#Cc2ccccc21.C[C@H]1[C@H]([C@H](OC(=O)NCCOCCOCCOCCN=[N+]=[N-])[C@H](O)CO)OC(C(=O)O)=C[C@@H]1N=C(N)N. The maximum Gasteiger partial charge on any atom is 0.407 e. The van der Waals surface area contributed by atoms with Crippen LogP contribution < -0.4 is 54.0 Å². The number of carbonyl (C=O) groups is 8. The monoisotopic (exact) mass is 1700 g/mol. The van der Waals surface area contributed by atoms with E-state index in [1.807, 2.05) is 97.1 Å². The van der Waals surface area contributed by atoms with E-state index >= 15 is 0 Å². The number of rotatable bonds is 42. The van der Waals surface area contributed by atoms with Gasteiger partial charge in [-0.3, -0.25) is 19.2 Å². The normalized spacial score (nSPS) is 17.4. The molecule has 9 rings (SSSR count). The minimum atomic E-state index is -1.61. The Morgan fingerprint density at radius 2 is 0.967 bits per heavy atom. The van der Waals surface area contributed by atoms with Crippen LogP contribution in [0.15, 0.2) is 136 Å². The van der Waals surface area contributed by atoms with Gasteiger partial charge in [-0.2, -0.15) is 0 Å². The summed E-state index contributed by atoms with van der Waals surface area (Å²) >= 11 is 0. The van der Waals surface area contributed by atoms with Crippen LogP contribution in [0.3, 0.4) is 0 Å². The molecule has 0 spiro atoms. The number of benzene rings is 4. The zero-order valence-corrected chi connectivity index (χ0v) is 67.9. The molecule has 4 aromatic carbocycles. The van der Waals surface area contributed by atoms with Crippen LogP contribution in [0.25, 0.3) is 33.0 Å². The van der Waals surface area contributed by atoms with E-state index < -0.39 is 109 Å². The number of nitrogens with zero attached hydrogens (tertiary/aromatic N) is 10. The van der Waals surface area contributed by atoms with E-state index in [0.29, 0.717) is 83.8 Å². The summed E-state index contributed by atoms with van der Waals surface area (Å²) in [6.07, 6.45) is -7.62. The number of guanidine groups is 2. The van der Waals surface area contributed by atoms with Crippen molar-refractivity contribution in [3.63, 3.8) is 0 Å². The Hall–Kier alpha value is -12.5. The quantitative estimate of drug-likeness (QED) is 0.00493. The van der Waals surface area contributed by atoms with E-state index in [-0.39, 0.29) is 108 Å². The number of para-hydroxylation sites is 2. The Labute approximate surface area is 702 Å². The van der Waals surface area contributed by atoms with Crippen LogP contribution >= 0.6 is 0 Å². The number of carboxylic acid groups (broad SMARTS) is 2. The van der Waals surface area contributed by atoms with Gasteiger partial charge < -0.3 is 132 Å². The molecule has 0 bridgehead atoms. The maximum absolute atomic E-state index is 13.5.